The Balaban J connectivity index is 1.63. The third-order valence-corrected chi connectivity index (χ3v) is 7.21. The lowest BCUT2D eigenvalue weighted by Crippen LogP contribution is -2.36. The summed E-state index contributed by atoms with van der Waals surface area (Å²) in [7, 11) is 0. The van der Waals surface area contributed by atoms with Gasteiger partial charge in [-0.15, -0.1) is 0 Å². The molecule has 0 saturated carbocycles. The molecule has 0 saturated heterocycles. The third kappa shape index (κ3) is 4.01. The lowest BCUT2D eigenvalue weighted by Gasteiger charge is -2.31. The standard InChI is InChI=1S/C20H21Br2FN2O/c1-12-13(2)20(22)17-11-25(9-8-16(17)19(12)21)18(26)5-3-4-15-7-6-14(23)10-24-15/h6-7,10H,3-5,8-9,11H2,1-2H3. The summed E-state index contributed by atoms with van der Waals surface area (Å²) in [6.45, 7) is 5.60. The summed E-state index contributed by atoms with van der Waals surface area (Å²) in [4.78, 5) is 18.6. The second-order valence-corrected chi connectivity index (χ2v) is 8.31. The van der Waals surface area contributed by atoms with Crippen LogP contribution in [0.3, 0.4) is 0 Å². The average Bonchev–Trinajstić information content (AvgIpc) is 2.65. The van der Waals surface area contributed by atoms with Crippen molar-refractivity contribution in [1.82, 2.24) is 9.88 Å². The van der Waals surface area contributed by atoms with E-state index in [1.807, 2.05) is 4.90 Å². The number of hydrogen-bond acceptors (Lipinski definition) is 2. The predicted octanol–water partition coefficient (Wildman–Crippen LogP) is 5.27. The highest BCUT2D eigenvalue weighted by atomic mass is 79.9. The van der Waals surface area contributed by atoms with Crippen LogP contribution in [0, 0.1) is 19.7 Å². The van der Waals surface area contributed by atoms with E-state index in [9.17, 15) is 9.18 Å². The van der Waals surface area contributed by atoms with Gasteiger partial charge in [0.25, 0.3) is 0 Å². The van der Waals surface area contributed by atoms with Crippen LogP contribution in [0.4, 0.5) is 4.39 Å². The van der Waals surface area contributed by atoms with Crippen molar-refractivity contribution in [2.45, 2.75) is 46.1 Å². The molecule has 26 heavy (non-hydrogen) atoms. The quantitative estimate of drug-likeness (QED) is 0.593. The SMILES string of the molecule is Cc1c(C)c(Br)c2c(c1Br)CCN(C(=O)CCCc1ccc(F)cn1)C2. The van der Waals surface area contributed by atoms with Crippen molar-refractivity contribution in [2.75, 3.05) is 6.54 Å². The number of rotatable bonds is 4. The van der Waals surface area contributed by atoms with Gasteiger partial charge in [-0.05, 0) is 67.5 Å². The van der Waals surface area contributed by atoms with Gasteiger partial charge in [-0.2, -0.15) is 0 Å². The molecular weight excluding hydrogens is 463 g/mol. The summed E-state index contributed by atoms with van der Waals surface area (Å²) in [5.74, 6) is -0.168. The molecule has 1 aromatic carbocycles. The van der Waals surface area contributed by atoms with E-state index in [-0.39, 0.29) is 11.7 Å². The Morgan fingerprint density at radius 3 is 2.54 bits per heavy atom. The predicted molar refractivity (Wildman–Crippen MR) is 108 cm³/mol. The molecular formula is C20H21Br2FN2O. The largest absolute Gasteiger partial charge is 0.338 e. The minimum absolute atomic E-state index is 0.166. The molecule has 1 aliphatic heterocycles. The van der Waals surface area contributed by atoms with Crippen LogP contribution in [0.5, 0.6) is 0 Å². The number of benzene rings is 1. The lowest BCUT2D eigenvalue weighted by molar-refractivity contribution is -0.132. The zero-order valence-electron chi connectivity index (χ0n) is 14.9. The number of aromatic nitrogens is 1. The highest BCUT2D eigenvalue weighted by Crippen LogP contribution is 2.38. The van der Waals surface area contributed by atoms with E-state index >= 15 is 0 Å². The normalized spacial score (nSPS) is 13.7. The van der Waals surface area contributed by atoms with Crippen molar-refractivity contribution >= 4 is 37.8 Å². The molecule has 0 bridgehead atoms. The number of hydrogen-bond donors (Lipinski definition) is 0. The number of pyridine rings is 1. The van der Waals surface area contributed by atoms with Crippen LogP contribution in [-0.2, 0) is 24.2 Å². The maximum Gasteiger partial charge on any atom is 0.222 e. The number of carbonyl (C=O) groups excluding carboxylic acids is 1. The van der Waals surface area contributed by atoms with Gasteiger partial charge in [-0.3, -0.25) is 9.78 Å². The zero-order valence-corrected chi connectivity index (χ0v) is 18.1. The number of carbonyl (C=O) groups is 1. The highest BCUT2D eigenvalue weighted by Gasteiger charge is 2.26. The minimum atomic E-state index is -0.334. The van der Waals surface area contributed by atoms with Gasteiger partial charge in [0, 0.05) is 34.1 Å². The van der Waals surface area contributed by atoms with E-state index in [0.717, 1.165) is 29.6 Å². The molecule has 6 heteroatoms. The number of amides is 1. The Labute approximate surface area is 170 Å². The van der Waals surface area contributed by atoms with Crippen LogP contribution in [0.2, 0.25) is 0 Å². The number of fused-ring (bicyclic) bond motifs is 1. The summed E-state index contributed by atoms with van der Waals surface area (Å²) in [5, 5.41) is 0. The molecule has 2 heterocycles. The Morgan fingerprint density at radius 1 is 1.19 bits per heavy atom. The van der Waals surface area contributed by atoms with Crippen LogP contribution >= 0.6 is 31.9 Å². The molecule has 0 aliphatic carbocycles. The van der Waals surface area contributed by atoms with Crippen molar-refractivity contribution in [3.63, 3.8) is 0 Å². The molecule has 1 amide bonds. The minimum Gasteiger partial charge on any atom is -0.338 e. The first-order chi connectivity index (χ1) is 12.4. The number of aryl methyl sites for hydroxylation is 1. The van der Waals surface area contributed by atoms with Gasteiger partial charge in [-0.25, -0.2) is 4.39 Å². The van der Waals surface area contributed by atoms with E-state index < -0.39 is 0 Å². The summed E-state index contributed by atoms with van der Waals surface area (Å²) in [6, 6.07) is 3.09. The number of halogens is 3. The van der Waals surface area contributed by atoms with Gasteiger partial charge >= 0.3 is 0 Å². The molecule has 0 spiro atoms. The van der Waals surface area contributed by atoms with E-state index in [1.54, 1.807) is 6.07 Å². The van der Waals surface area contributed by atoms with Gasteiger partial charge in [0.05, 0.1) is 6.20 Å². The van der Waals surface area contributed by atoms with Gasteiger partial charge in [-0.1, -0.05) is 31.9 Å². The Morgan fingerprint density at radius 2 is 1.88 bits per heavy atom. The molecule has 1 aliphatic rings. The first-order valence-electron chi connectivity index (χ1n) is 8.72. The molecule has 138 valence electrons. The van der Waals surface area contributed by atoms with Crippen LogP contribution in [0.25, 0.3) is 0 Å². The van der Waals surface area contributed by atoms with Gasteiger partial charge in [0.1, 0.15) is 5.82 Å². The van der Waals surface area contributed by atoms with E-state index in [2.05, 4.69) is 50.7 Å². The molecule has 1 aromatic heterocycles. The molecule has 0 unspecified atom stereocenters. The van der Waals surface area contributed by atoms with Crippen LogP contribution in [0.15, 0.2) is 27.3 Å². The second kappa shape index (κ2) is 8.17. The average molecular weight is 484 g/mol. The van der Waals surface area contributed by atoms with Gasteiger partial charge < -0.3 is 4.90 Å². The van der Waals surface area contributed by atoms with Crippen LogP contribution in [0.1, 0.15) is 40.8 Å². The van der Waals surface area contributed by atoms with Gasteiger partial charge in [0.2, 0.25) is 5.91 Å². The molecule has 0 fully saturated rings. The maximum atomic E-state index is 12.9. The Bertz CT molecular complexity index is 837. The summed E-state index contributed by atoms with van der Waals surface area (Å²) < 4.78 is 15.2. The van der Waals surface area contributed by atoms with E-state index in [4.69, 9.17) is 0 Å². The lowest BCUT2D eigenvalue weighted by atomic mass is 9.94. The van der Waals surface area contributed by atoms with Crippen molar-refractivity contribution in [2.24, 2.45) is 0 Å². The third-order valence-electron chi connectivity index (χ3n) is 5.06. The highest BCUT2D eigenvalue weighted by molar-refractivity contribution is 9.11. The topological polar surface area (TPSA) is 33.2 Å². The van der Waals surface area contributed by atoms with Crippen molar-refractivity contribution in [3.05, 3.63) is 61.0 Å². The molecule has 0 N–H and O–H groups in total. The van der Waals surface area contributed by atoms with Crippen molar-refractivity contribution in [3.8, 4) is 0 Å². The van der Waals surface area contributed by atoms with Crippen molar-refractivity contribution in [1.29, 1.82) is 0 Å². The summed E-state index contributed by atoms with van der Waals surface area (Å²) >= 11 is 7.44. The summed E-state index contributed by atoms with van der Waals surface area (Å²) in [5.41, 5.74) is 5.80. The molecule has 2 aromatic rings. The van der Waals surface area contributed by atoms with E-state index in [0.29, 0.717) is 19.4 Å². The fourth-order valence-corrected chi connectivity index (χ4v) is 4.73. The Kier molecular flexibility index (Phi) is 6.13. The van der Waals surface area contributed by atoms with Crippen molar-refractivity contribution < 1.29 is 9.18 Å². The van der Waals surface area contributed by atoms with Gasteiger partial charge in [0.15, 0.2) is 0 Å². The molecule has 0 radical (unpaired) electrons. The first-order valence-corrected chi connectivity index (χ1v) is 10.3. The van der Waals surface area contributed by atoms with Crippen LogP contribution in [-0.4, -0.2) is 22.3 Å². The molecule has 0 atom stereocenters. The maximum absolute atomic E-state index is 12.9. The second-order valence-electron chi connectivity index (χ2n) is 6.72. The zero-order chi connectivity index (χ0) is 18.8. The number of nitrogens with zero attached hydrogens (tertiary/aromatic N) is 2. The first kappa shape index (κ1) is 19.5. The van der Waals surface area contributed by atoms with E-state index in [1.165, 1.54) is 39.0 Å². The Hall–Kier alpha value is -1.27. The smallest absolute Gasteiger partial charge is 0.222 e. The fraction of sp³-hybridized carbons (Fsp3) is 0.400. The summed E-state index contributed by atoms with van der Waals surface area (Å²) in [6.07, 6.45) is 3.97. The monoisotopic (exact) mass is 482 g/mol. The van der Waals surface area contributed by atoms with Crippen LogP contribution < -0.4 is 0 Å². The molecule has 3 rings (SSSR count). The fourth-order valence-electron chi connectivity index (χ4n) is 3.34. The molecule has 3 nitrogen and oxygen atoms in total.